The van der Waals surface area contributed by atoms with E-state index in [1.54, 1.807) is 0 Å². The maximum atomic E-state index is 13.3. The van der Waals surface area contributed by atoms with Crippen LogP contribution >= 0.6 is 0 Å². The molecule has 0 saturated heterocycles. The maximum absolute atomic E-state index is 13.3. The Morgan fingerprint density at radius 2 is 1.77 bits per heavy atom. The predicted octanol–water partition coefficient (Wildman–Crippen LogP) is 5.64. The number of aromatic nitrogens is 1. The Morgan fingerprint density at radius 1 is 1.09 bits per heavy atom. The highest BCUT2D eigenvalue weighted by molar-refractivity contribution is 6.08. The van der Waals surface area contributed by atoms with E-state index in [1.807, 2.05) is 35.9 Å². The first-order valence-corrected chi connectivity index (χ1v) is 11.9. The van der Waals surface area contributed by atoms with Crippen LogP contribution in [0.2, 0.25) is 0 Å². The first-order valence-electron chi connectivity index (χ1n) is 11.9. The van der Waals surface area contributed by atoms with Gasteiger partial charge in [0.1, 0.15) is 0 Å². The summed E-state index contributed by atoms with van der Waals surface area (Å²) < 4.78 is 40.8. The van der Waals surface area contributed by atoms with Crippen LogP contribution in [0.1, 0.15) is 59.7 Å². The highest BCUT2D eigenvalue weighted by Crippen LogP contribution is 2.58. The minimum absolute atomic E-state index is 0.0272. The summed E-state index contributed by atoms with van der Waals surface area (Å²) in [6.45, 7) is 2.67. The molecule has 2 saturated carbocycles. The molecular weight excluding hydrogens is 457 g/mol. The fourth-order valence-corrected chi connectivity index (χ4v) is 5.88. The molecular formula is C27H27F3N2O3. The number of hydrogen-bond donors (Lipinski definition) is 2. The van der Waals surface area contributed by atoms with Gasteiger partial charge in [-0.05, 0) is 73.8 Å². The van der Waals surface area contributed by atoms with Crippen LogP contribution in [0.25, 0.3) is 10.9 Å². The first-order chi connectivity index (χ1) is 16.6. The summed E-state index contributed by atoms with van der Waals surface area (Å²) >= 11 is 0. The van der Waals surface area contributed by atoms with Crippen LogP contribution in [0, 0.1) is 11.3 Å². The Hall–Kier alpha value is -3.29. The second-order valence-corrected chi connectivity index (χ2v) is 10.0. The number of alkyl halides is 3. The zero-order valence-corrected chi connectivity index (χ0v) is 19.4. The van der Waals surface area contributed by atoms with Gasteiger partial charge in [0.2, 0.25) is 0 Å². The first kappa shape index (κ1) is 23.5. The third-order valence-corrected chi connectivity index (χ3v) is 7.66. The van der Waals surface area contributed by atoms with Crippen molar-refractivity contribution < 1.29 is 27.9 Å². The summed E-state index contributed by atoms with van der Waals surface area (Å²) in [5.74, 6) is -1.17. The number of carboxylic acids is 1. The molecule has 1 aromatic heterocycles. The van der Waals surface area contributed by atoms with Crippen LogP contribution in [-0.2, 0) is 23.9 Å². The lowest BCUT2D eigenvalue weighted by molar-refractivity contribution is -0.155. The summed E-state index contributed by atoms with van der Waals surface area (Å²) in [4.78, 5) is 24.4. The van der Waals surface area contributed by atoms with Gasteiger partial charge in [-0.1, -0.05) is 24.3 Å². The molecule has 2 N–H and O–H groups in total. The molecule has 0 aliphatic heterocycles. The van der Waals surface area contributed by atoms with Gasteiger partial charge in [-0.25, -0.2) is 0 Å². The van der Waals surface area contributed by atoms with E-state index in [1.165, 1.54) is 12.1 Å². The lowest BCUT2D eigenvalue weighted by Gasteiger charge is -2.56. The van der Waals surface area contributed by atoms with Gasteiger partial charge in [0.25, 0.3) is 5.91 Å². The van der Waals surface area contributed by atoms with E-state index in [2.05, 4.69) is 5.32 Å². The highest BCUT2D eigenvalue weighted by Gasteiger charge is 2.55. The van der Waals surface area contributed by atoms with Gasteiger partial charge in [0, 0.05) is 29.7 Å². The van der Waals surface area contributed by atoms with E-state index < -0.39 is 17.7 Å². The van der Waals surface area contributed by atoms with Crippen LogP contribution in [0.5, 0.6) is 0 Å². The van der Waals surface area contributed by atoms with Gasteiger partial charge in [-0.3, -0.25) is 9.59 Å². The number of benzene rings is 2. The molecule has 0 atom stereocenters. The molecule has 1 spiro atoms. The molecule has 0 unspecified atom stereocenters. The van der Waals surface area contributed by atoms with E-state index in [9.17, 15) is 22.8 Å². The van der Waals surface area contributed by atoms with Crippen LogP contribution in [0.15, 0.2) is 48.7 Å². The Labute approximate surface area is 200 Å². The summed E-state index contributed by atoms with van der Waals surface area (Å²) in [6, 6.07) is 10.9. The van der Waals surface area contributed by atoms with Crippen LogP contribution in [-0.4, -0.2) is 27.6 Å². The summed E-state index contributed by atoms with van der Waals surface area (Å²) in [5, 5.41) is 13.1. The number of amides is 1. The minimum atomic E-state index is -4.38. The lowest BCUT2D eigenvalue weighted by atomic mass is 9.50. The molecule has 2 aromatic carbocycles. The van der Waals surface area contributed by atoms with Crippen molar-refractivity contribution in [3.63, 3.8) is 0 Å². The SMILES string of the molecule is CCn1cc(C(=O)N[C@H]2CC3(C2)C[C@H](C(=O)O)C3)c2c(Cc3ccc(C(F)(F)F)cc3)cccc21. The van der Waals surface area contributed by atoms with Crippen molar-refractivity contribution in [2.24, 2.45) is 11.3 Å². The van der Waals surface area contributed by atoms with Gasteiger partial charge in [0.05, 0.1) is 17.0 Å². The van der Waals surface area contributed by atoms with Crippen molar-refractivity contribution in [2.75, 3.05) is 0 Å². The molecule has 35 heavy (non-hydrogen) atoms. The second-order valence-electron chi connectivity index (χ2n) is 10.0. The third kappa shape index (κ3) is 4.30. The zero-order chi connectivity index (χ0) is 25.0. The highest BCUT2D eigenvalue weighted by atomic mass is 19.4. The van der Waals surface area contributed by atoms with E-state index in [0.29, 0.717) is 31.4 Å². The van der Waals surface area contributed by atoms with E-state index in [4.69, 9.17) is 5.11 Å². The Balaban J connectivity index is 1.36. The smallest absolute Gasteiger partial charge is 0.416 e. The molecule has 2 aliphatic carbocycles. The second kappa shape index (κ2) is 8.43. The molecule has 2 fully saturated rings. The fourth-order valence-electron chi connectivity index (χ4n) is 5.88. The molecule has 2 aliphatic rings. The molecule has 5 nitrogen and oxygen atoms in total. The quantitative estimate of drug-likeness (QED) is 0.475. The molecule has 5 rings (SSSR count). The predicted molar refractivity (Wildman–Crippen MR) is 125 cm³/mol. The zero-order valence-electron chi connectivity index (χ0n) is 19.4. The van der Waals surface area contributed by atoms with E-state index in [-0.39, 0.29) is 23.3 Å². The van der Waals surface area contributed by atoms with Gasteiger partial charge >= 0.3 is 12.1 Å². The molecule has 0 bridgehead atoms. The van der Waals surface area contributed by atoms with Crippen LogP contribution in [0.4, 0.5) is 13.2 Å². The largest absolute Gasteiger partial charge is 0.481 e. The average Bonchev–Trinajstić information content (AvgIpc) is 3.14. The fraction of sp³-hybridized carbons (Fsp3) is 0.407. The van der Waals surface area contributed by atoms with E-state index in [0.717, 1.165) is 47.0 Å². The number of carboxylic acid groups (broad SMARTS) is 1. The Bertz CT molecular complexity index is 1280. The number of aliphatic carboxylic acids is 1. The number of carbonyl (C=O) groups excluding carboxylic acids is 1. The molecule has 3 aromatic rings. The summed E-state index contributed by atoms with van der Waals surface area (Å²) in [6.07, 6.45) is 0.834. The monoisotopic (exact) mass is 484 g/mol. The van der Waals surface area contributed by atoms with Crippen LogP contribution in [0.3, 0.4) is 0 Å². The van der Waals surface area contributed by atoms with Crippen molar-refractivity contribution in [3.8, 4) is 0 Å². The van der Waals surface area contributed by atoms with Gasteiger partial charge in [0.15, 0.2) is 0 Å². The van der Waals surface area contributed by atoms with Crippen molar-refractivity contribution in [2.45, 2.75) is 57.8 Å². The molecule has 8 heteroatoms. The lowest BCUT2D eigenvalue weighted by Crippen LogP contribution is -2.57. The topological polar surface area (TPSA) is 71.3 Å². The number of aryl methyl sites for hydroxylation is 1. The molecule has 0 radical (unpaired) electrons. The van der Waals surface area contributed by atoms with Crippen molar-refractivity contribution in [1.29, 1.82) is 0 Å². The van der Waals surface area contributed by atoms with Crippen molar-refractivity contribution >= 4 is 22.8 Å². The maximum Gasteiger partial charge on any atom is 0.416 e. The third-order valence-electron chi connectivity index (χ3n) is 7.66. The summed E-state index contributed by atoms with van der Waals surface area (Å²) in [5.41, 5.74) is 2.47. The number of carbonyl (C=O) groups is 2. The number of halogens is 3. The number of nitrogens with zero attached hydrogens (tertiary/aromatic N) is 1. The van der Waals surface area contributed by atoms with Crippen molar-refractivity contribution in [1.82, 2.24) is 9.88 Å². The number of nitrogens with one attached hydrogen (secondary N) is 1. The standard InChI is InChI=1S/C27H27F3N2O3/c1-2-32-15-21(24(33)31-20-13-26(14-20)11-18(12-26)25(34)35)23-17(4-3-5-22(23)32)10-16-6-8-19(9-7-16)27(28,29)30/h3-9,15,18,20H,2,10-14H2,1H3,(H,31,33)(H,34,35)/t18-,20-,26?. The Kier molecular flexibility index (Phi) is 5.65. The van der Waals surface area contributed by atoms with E-state index >= 15 is 0 Å². The van der Waals surface area contributed by atoms with Crippen molar-refractivity contribution in [3.05, 3.63) is 70.9 Å². The number of hydrogen-bond acceptors (Lipinski definition) is 2. The normalized spacial score (nSPS) is 23.7. The molecule has 1 heterocycles. The Morgan fingerprint density at radius 3 is 2.37 bits per heavy atom. The van der Waals surface area contributed by atoms with Crippen LogP contribution < -0.4 is 5.32 Å². The van der Waals surface area contributed by atoms with Gasteiger partial charge < -0.3 is 15.0 Å². The molecule has 184 valence electrons. The minimum Gasteiger partial charge on any atom is -0.481 e. The van der Waals surface area contributed by atoms with Gasteiger partial charge in [-0.2, -0.15) is 13.2 Å². The number of rotatable bonds is 6. The van der Waals surface area contributed by atoms with Gasteiger partial charge in [-0.15, -0.1) is 0 Å². The summed E-state index contributed by atoms with van der Waals surface area (Å²) in [7, 11) is 0. The molecule has 1 amide bonds. The number of fused-ring (bicyclic) bond motifs is 1. The average molecular weight is 485 g/mol.